The lowest BCUT2D eigenvalue weighted by atomic mass is 9.92. The van der Waals surface area contributed by atoms with Crippen molar-refractivity contribution in [1.29, 1.82) is 5.41 Å². The fourth-order valence-electron chi connectivity index (χ4n) is 14.3. The monoisotopic (exact) mass is 1790 g/mol. The molecular formula is C78H112FN22O26+. The van der Waals surface area contributed by atoms with Crippen LogP contribution in [0.2, 0.25) is 0 Å². The van der Waals surface area contributed by atoms with Gasteiger partial charge in [0.15, 0.2) is 23.5 Å². The van der Waals surface area contributed by atoms with Crippen LogP contribution >= 0.6 is 0 Å². The maximum absolute atomic E-state index is 15.5. The molecule has 0 saturated carbocycles. The molecule has 2 fully saturated rings. The Balaban J connectivity index is 0.986. The number of aromatic hydroxyl groups is 2. The molecule has 26 N–H and O–H groups in total. The summed E-state index contributed by atoms with van der Waals surface area (Å²) in [6, 6.07) is -7.69. The second-order valence-corrected chi connectivity index (χ2v) is 30.8. The molecule has 5 heterocycles. The average Bonchev–Trinajstić information content (AvgIpc) is 0.751. The summed E-state index contributed by atoms with van der Waals surface area (Å²) < 4.78 is 18.3. The zero-order chi connectivity index (χ0) is 93.7. The first-order valence-corrected chi connectivity index (χ1v) is 41.1. The minimum Gasteiger partial charge on any atom is -0.504 e. The van der Waals surface area contributed by atoms with Crippen molar-refractivity contribution < 1.29 is 132 Å². The number of rotatable bonds is 41. The van der Waals surface area contributed by atoms with Gasteiger partial charge in [0, 0.05) is 127 Å². The highest BCUT2D eigenvalue weighted by atomic mass is 19.1. The number of guanidine groups is 1. The molecule has 3 aliphatic heterocycles. The number of carboxylic acid groups (broad SMARTS) is 1. The van der Waals surface area contributed by atoms with Gasteiger partial charge in [-0.2, -0.15) is 0 Å². The number of carboxylic acids is 1. The van der Waals surface area contributed by atoms with Crippen LogP contribution in [0, 0.1) is 11.2 Å². The Morgan fingerprint density at radius 1 is 0.693 bits per heavy atom. The molecule has 48 nitrogen and oxygen atoms in total. The molecule has 3 aliphatic rings. The van der Waals surface area contributed by atoms with Crippen LogP contribution in [0.3, 0.4) is 0 Å². The van der Waals surface area contributed by atoms with Gasteiger partial charge in [-0.1, -0.05) is 0 Å². The van der Waals surface area contributed by atoms with E-state index in [0.717, 1.165) is 32.0 Å². The number of pyridine rings is 2. The van der Waals surface area contributed by atoms with E-state index >= 15 is 4.39 Å². The number of aryl methyl sites for hydroxylation is 1. The number of nitrogens with one attached hydrogen (secondary N) is 15. The molecule has 2 saturated heterocycles. The van der Waals surface area contributed by atoms with Crippen LogP contribution in [-0.2, 0) is 78.5 Å². The van der Waals surface area contributed by atoms with Crippen molar-refractivity contribution in [3.8, 4) is 11.5 Å². The van der Waals surface area contributed by atoms with Crippen molar-refractivity contribution in [1.82, 2.24) is 83.4 Å². The number of hydrogen-bond donors (Lipinski definition) is 25. The van der Waals surface area contributed by atoms with Crippen LogP contribution in [0.1, 0.15) is 134 Å². The molecule has 11 atom stereocenters. The fraction of sp³-hybridized carbons (Fsp3) is 0.551. The SMILES string of the molecule is CCn1cc(C(=O)O)c(=O)c2cc(F)c(N3CCN(C(=O)CCC(=O)NCCNC(=O)CCC(=O)Nc4cc5cc(O)c(O)cc5[n+]5c4NCC[C@H]5C(=O)N[C@H](CO)C(=O)N[C@@H](CCCNC(=N)N)C(=O)N[C@H](CO)C(=O)N[C@@](C)(CCCN(O)C=O)C(=O)N[C@H]4CCCCNC(=O)[C@H](C(C)O)NC(=O)[C@H](C(C)O)NC(=O)[C@H](CCCN(O)C=O)NC4=O)CC3)cc21. The summed E-state index contributed by atoms with van der Waals surface area (Å²) in [5.74, 6) is -16.2. The normalized spacial score (nSPS) is 18.6. The molecule has 15 amide bonds. The van der Waals surface area contributed by atoms with Crippen LogP contribution < -0.4 is 95.1 Å². The van der Waals surface area contributed by atoms with Gasteiger partial charge in [0.05, 0.1) is 43.2 Å². The predicted octanol–water partition coefficient (Wildman–Crippen LogP) is -7.02. The van der Waals surface area contributed by atoms with Gasteiger partial charge in [0.2, 0.25) is 89.1 Å². The Hall–Kier alpha value is -13.3. The Kier molecular flexibility index (Phi) is 37.9. The predicted molar refractivity (Wildman–Crippen MR) is 444 cm³/mol. The quantitative estimate of drug-likeness (QED) is 0.00287. The van der Waals surface area contributed by atoms with E-state index in [9.17, 15) is 128 Å². The third-order valence-electron chi connectivity index (χ3n) is 21.3. The number of aromatic carboxylic acids is 1. The van der Waals surface area contributed by atoms with Crippen LogP contribution in [0.25, 0.3) is 21.8 Å². The molecule has 7 rings (SSSR count). The second kappa shape index (κ2) is 47.7. The summed E-state index contributed by atoms with van der Waals surface area (Å²) in [5.41, 5.74) is 2.50. The maximum Gasteiger partial charge on any atom is 0.341 e. The van der Waals surface area contributed by atoms with Crippen molar-refractivity contribution in [3.05, 3.63) is 58.1 Å². The molecule has 4 aromatic rings. The number of carbonyl (C=O) groups excluding carboxylic acids is 15. The first-order chi connectivity index (χ1) is 60.3. The van der Waals surface area contributed by atoms with Gasteiger partial charge in [-0.3, -0.25) is 97.9 Å². The Labute approximate surface area is 724 Å². The highest BCUT2D eigenvalue weighted by Gasteiger charge is 2.43. The first kappa shape index (κ1) is 101. The lowest BCUT2D eigenvalue weighted by molar-refractivity contribution is -0.674. The van der Waals surface area contributed by atoms with Crippen LogP contribution in [0.4, 0.5) is 21.6 Å². The number of aliphatic hydroxyl groups is 4. The zero-order valence-electron chi connectivity index (χ0n) is 70.3. The summed E-state index contributed by atoms with van der Waals surface area (Å²) in [6.45, 7) is 2.62. The largest absolute Gasteiger partial charge is 0.504 e. The number of hydroxylamine groups is 4. The number of fused-ring (bicyclic) bond motifs is 4. The van der Waals surface area contributed by atoms with Gasteiger partial charge in [-0.05, 0) is 110 Å². The van der Waals surface area contributed by atoms with Gasteiger partial charge in [0.25, 0.3) is 11.7 Å². The fourth-order valence-corrected chi connectivity index (χ4v) is 14.3. The lowest BCUT2D eigenvalue weighted by Crippen LogP contribution is -2.65. The van der Waals surface area contributed by atoms with Gasteiger partial charge in [-0.15, -0.1) is 0 Å². The van der Waals surface area contributed by atoms with Crippen LogP contribution in [0.5, 0.6) is 11.5 Å². The van der Waals surface area contributed by atoms with E-state index in [4.69, 9.17) is 11.1 Å². The van der Waals surface area contributed by atoms with Crippen LogP contribution in [0.15, 0.2) is 41.3 Å². The van der Waals surface area contributed by atoms with E-state index in [1.54, 1.807) is 11.8 Å². The molecule has 0 bridgehead atoms. The molecular weight excluding hydrogens is 1680 g/mol. The van der Waals surface area contributed by atoms with E-state index in [1.807, 2.05) is 0 Å². The summed E-state index contributed by atoms with van der Waals surface area (Å²) in [6.07, 6.45) is -5.20. The van der Waals surface area contributed by atoms with Gasteiger partial charge in [0.1, 0.15) is 70.4 Å². The molecule has 2 aromatic carbocycles. The third kappa shape index (κ3) is 28.4. The van der Waals surface area contributed by atoms with E-state index in [0.29, 0.717) is 12.1 Å². The highest BCUT2D eigenvalue weighted by Crippen LogP contribution is 2.36. The molecule has 0 radical (unpaired) electrons. The number of carbonyl (C=O) groups is 16. The number of nitrogens with zero attached hydrogens (tertiary/aromatic N) is 6. The lowest BCUT2D eigenvalue weighted by Gasteiger charge is -2.36. The van der Waals surface area contributed by atoms with Gasteiger partial charge in [-0.25, -0.2) is 23.9 Å². The maximum atomic E-state index is 15.5. The minimum absolute atomic E-state index is 0.00332. The number of phenols is 2. The average molecular weight is 1790 g/mol. The Morgan fingerprint density at radius 3 is 1.91 bits per heavy atom. The number of aliphatic hydroxyl groups excluding tert-OH is 4. The van der Waals surface area contributed by atoms with Crippen molar-refractivity contribution in [2.75, 3.05) is 101 Å². The summed E-state index contributed by atoms with van der Waals surface area (Å²) in [5, 5.41) is 137. The topological polar surface area (TPSA) is 712 Å². The molecule has 696 valence electrons. The Bertz CT molecular complexity index is 4780. The van der Waals surface area contributed by atoms with E-state index in [-0.39, 0.29) is 198 Å². The number of piperazine rings is 1. The third-order valence-corrected chi connectivity index (χ3v) is 21.3. The van der Waals surface area contributed by atoms with Crippen molar-refractivity contribution in [3.63, 3.8) is 0 Å². The smallest absolute Gasteiger partial charge is 0.341 e. The number of hydrogen-bond acceptors (Lipinski definition) is 28. The van der Waals surface area contributed by atoms with Gasteiger partial charge < -0.3 is 125 Å². The van der Waals surface area contributed by atoms with E-state index in [2.05, 4.69) is 74.4 Å². The summed E-state index contributed by atoms with van der Waals surface area (Å²) in [4.78, 5) is 231. The highest BCUT2D eigenvalue weighted by molar-refractivity contribution is 6.02. The number of aromatic nitrogens is 2. The number of phenolic OH excluding ortho intramolecular Hbond substituents is 2. The van der Waals surface area contributed by atoms with E-state index < -0.39 is 216 Å². The summed E-state index contributed by atoms with van der Waals surface area (Å²) >= 11 is 0. The standard InChI is InChI=1S/C78H111FN22O26/c1-5-96-36-45(75(123)124)65(114)44-33-46(79)56(34-55(44)96)97-27-29-98(30-28-97)62(113)17-16-60(111)83-24-23-82-59(110)14-15-61(112)87-50-31-43-32-57(108)58(109)35-54(43)101-53(18-22-84-66(50)101)72(120)91-51(37-102)70(118)89-47(12-8-21-86-77(80)81)67(115)90-52(38-103)71(119)95-78(4,19-10-26-100(127)40-105)76(125)92-49-11-6-7-20-85-73(121)63(41(2)106)94-74(122)64(42(3)107)93-69(117)48(88-68(49)116)13-9-25-99(126)39-104/h31-36,39-42,47-49,51-53,63-64,102-103,106-107,126-127H,5-30,37-38H2,1-4H3,(H19,80,81,82,83,84,85,86,87,88,89,90,91,92,93,94,95,108,109,110,111,112,115,116,117,118,119,120,121,122,123,124,125)/p+1/t41?,42?,47-,48-,49-,51+,52+,53-,63-,64-,78-/m0/s1. The number of nitrogens with two attached hydrogens (primary N) is 1. The Morgan fingerprint density at radius 2 is 1.29 bits per heavy atom. The van der Waals surface area contributed by atoms with Crippen molar-refractivity contribution in [2.24, 2.45) is 5.73 Å². The first-order valence-electron chi connectivity index (χ1n) is 41.1. The summed E-state index contributed by atoms with van der Waals surface area (Å²) in [7, 11) is 0. The van der Waals surface area contributed by atoms with Crippen molar-refractivity contribution in [2.45, 2.75) is 190 Å². The van der Waals surface area contributed by atoms with E-state index in [1.165, 1.54) is 39.3 Å². The number of benzene rings is 2. The van der Waals surface area contributed by atoms with Gasteiger partial charge >= 0.3 is 5.97 Å². The molecule has 2 aromatic heterocycles. The molecule has 2 unspecified atom stereocenters. The van der Waals surface area contributed by atoms with Crippen LogP contribution in [-0.4, -0.2) is 313 Å². The zero-order valence-corrected chi connectivity index (χ0v) is 70.3. The van der Waals surface area contributed by atoms with Crippen molar-refractivity contribution >= 4 is 141 Å². The number of anilines is 3. The molecule has 0 aliphatic carbocycles. The molecule has 127 heavy (non-hydrogen) atoms. The molecule has 0 spiro atoms. The number of amides is 15. The molecule has 49 heteroatoms. The second-order valence-electron chi connectivity index (χ2n) is 30.8. The number of halogens is 1. The minimum atomic E-state index is -2.25.